The third-order valence-electron chi connectivity index (χ3n) is 4.19. The van der Waals surface area contributed by atoms with E-state index in [4.69, 9.17) is 14.2 Å². The summed E-state index contributed by atoms with van der Waals surface area (Å²) < 4.78 is 15.0. The zero-order valence-corrected chi connectivity index (χ0v) is 14.9. The minimum atomic E-state index is -0.636. The molecule has 0 spiro atoms. The predicted octanol–water partition coefficient (Wildman–Crippen LogP) is 1.35. The number of hydrogen-bond donors (Lipinski definition) is 1. The molecule has 1 N–H and O–H groups in total. The van der Waals surface area contributed by atoms with E-state index < -0.39 is 11.9 Å². The molecule has 0 radical (unpaired) electrons. The smallest absolute Gasteiger partial charge is 0.355 e. The Bertz CT molecular complexity index is 677. The lowest BCUT2D eigenvalue weighted by atomic mass is 9.85. The fourth-order valence-electron chi connectivity index (χ4n) is 2.53. The molecule has 0 saturated heterocycles. The van der Waals surface area contributed by atoms with Crippen molar-refractivity contribution in [1.82, 2.24) is 0 Å². The zero-order chi connectivity index (χ0) is 18.6. The Morgan fingerprint density at radius 3 is 2.28 bits per heavy atom. The van der Waals surface area contributed by atoms with Gasteiger partial charge in [-0.1, -0.05) is 26.0 Å². The van der Waals surface area contributed by atoms with Crippen molar-refractivity contribution in [2.24, 2.45) is 0 Å². The highest BCUT2D eigenvalue weighted by Gasteiger charge is 2.32. The van der Waals surface area contributed by atoms with Crippen molar-refractivity contribution in [3.63, 3.8) is 0 Å². The van der Waals surface area contributed by atoms with Crippen molar-refractivity contribution < 1.29 is 28.9 Å². The molecule has 0 amide bonds. The highest BCUT2D eigenvalue weighted by Crippen LogP contribution is 2.29. The molecule has 0 aromatic heterocycles. The maximum atomic E-state index is 12.2. The molecule has 0 fully saturated rings. The van der Waals surface area contributed by atoms with Crippen LogP contribution in [0.1, 0.15) is 19.4 Å². The van der Waals surface area contributed by atoms with Crippen LogP contribution in [0.3, 0.4) is 0 Å². The number of anilines is 1. The van der Waals surface area contributed by atoms with Crippen LogP contribution in [0.5, 0.6) is 0 Å². The molecule has 1 aromatic rings. The first-order chi connectivity index (χ1) is 11.9. The lowest BCUT2D eigenvalue weighted by Crippen LogP contribution is -2.38. The molecule has 1 aliphatic heterocycles. The second-order valence-corrected chi connectivity index (χ2v) is 6.30. The van der Waals surface area contributed by atoms with E-state index in [2.05, 4.69) is 0 Å². The lowest BCUT2D eigenvalue weighted by Gasteiger charge is -2.32. The molecule has 1 aliphatic rings. The van der Waals surface area contributed by atoms with Crippen molar-refractivity contribution in [2.45, 2.75) is 19.3 Å². The molecule has 2 rings (SSSR count). The molecule has 7 heteroatoms. The summed E-state index contributed by atoms with van der Waals surface area (Å²) >= 11 is 0. The molecule has 0 saturated carbocycles. The van der Waals surface area contributed by atoms with Crippen molar-refractivity contribution >= 4 is 17.6 Å². The number of nitrogens with zero attached hydrogens (tertiary/aromatic N) is 1. The molecule has 0 bridgehead atoms. The number of rotatable bonds is 5. The van der Waals surface area contributed by atoms with E-state index in [1.807, 2.05) is 26.0 Å². The average Bonchev–Trinajstić information content (AvgIpc) is 2.66. The number of benzene rings is 1. The average molecular weight is 349 g/mol. The Morgan fingerprint density at radius 2 is 1.76 bits per heavy atom. The number of ether oxygens (including phenoxy) is 3. The zero-order valence-electron chi connectivity index (χ0n) is 14.9. The van der Waals surface area contributed by atoms with E-state index >= 15 is 0 Å². The number of esters is 2. The minimum Gasteiger partial charge on any atom is -0.466 e. The Kier molecular flexibility index (Phi) is 5.81. The van der Waals surface area contributed by atoms with Crippen molar-refractivity contribution in [2.75, 3.05) is 39.1 Å². The van der Waals surface area contributed by atoms with E-state index in [0.717, 1.165) is 5.56 Å². The summed E-state index contributed by atoms with van der Waals surface area (Å²) in [6.45, 7) is 3.96. The molecule has 25 heavy (non-hydrogen) atoms. The van der Waals surface area contributed by atoms with Gasteiger partial charge in [-0.2, -0.15) is 0 Å². The molecule has 0 atom stereocenters. The number of aliphatic hydroxyl groups is 1. The molecule has 0 aliphatic carbocycles. The first kappa shape index (κ1) is 19.0. The number of hydrogen-bond acceptors (Lipinski definition) is 7. The van der Waals surface area contributed by atoms with Gasteiger partial charge in [-0.3, -0.25) is 0 Å². The topological polar surface area (TPSA) is 85.3 Å². The van der Waals surface area contributed by atoms with Crippen molar-refractivity contribution in [1.29, 1.82) is 0 Å². The first-order valence-electron chi connectivity index (χ1n) is 7.82. The van der Waals surface area contributed by atoms with Gasteiger partial charge in [0.25, 0.3) is 0 Å². The lowest BCUT2D eigenvalue weighted by molar-refractivity contribution is -0.140. The highest BCUT2D eigenvalue weighted by molar-refractivity contribution is 6.03. The van der Waals surface area contributed by atoms with Crippen LogP contribution < -0.4 is 4.90 Å². The molecular formula is C18H23NO6. The highest BCUT2D eigenvalue weighted by atomic mass is 16.5. The van der Waals surface area contributed by atoms with Crippen LogP contribution >= 0.6 is 0 Å². The molecule has 136 valence electrons. The Morgan fingerprint density at radius 1 is 1.16 bits per heavy atom. The SMILES string of the molecule is COC(=O)C1=C(C(=O)OC)N(c2ccc(C(C)(C)CO)cc2)COC1. The Labute approximate surface area is 146 Å². The normalized spacial score (nSPS) is 15.2. The van der Waals surface area contributed by atoms with Crippen LogP contribution in [0, 0.1) is 0 Å². The van der Waals surface area contributed by atoms with Crippen LogP contribution in [0.15, 0.2) is 35.5 Å². The van der Waals surface area contributed by atoms with E-state index in [1.54, 1.807) is 17.0 Å². The van der Waals surface area contributed by atoms with E-state index in [-0.39, 0.29) is 36.6 Å². The van der Waals surface area contributed by atoms with E-state index in [9.17, 15) is 14.7 Å². The van der Waals surface area contributed by atoms with Gasteiger partial charge in [0.2, 0.25) is 0 Å². The van der Waals surface area contributed by atoms with Crippen LogP contribution in [-0.2, 0) is 29.2 Å². The maximum Gasteiger partial charge on any atom is 0.355 e. The first-order valence-corrected chi connectivity index (χ1v) is 7.82. The number of methoxy groups -OCH3 is 2. The quantitative estimate of drug-likeness (QED) is 0.803. The largest absolute Gasteiger partial charge is 0.466 e. The molecule has 0 unspecified atom stereocenters. The maximum absolute atomic E-state index is 12.2. The monoisotopic (exact) mass is 349 g/mol. The number of aliphatic hydroxyl groups excluding tert-OH is 1. The summed E-state index contributed by atoms with van der Waals surface area (Å²) in [5, 5.41) is 9.48. The van der Waals surface area contributed by atoms with E-state index in [0.29, 0.717) is 5.69 Å². The summed E-state index contributed by atoms with van der Waals surface area (Å²) in [5.41, 5.74) is 1.46. The number of carbonyl (C=O) groups excluding carboxylic acids is 2. The summed E-state index contributed by atoms with van der Waals surface area (Å²) in [5.74, 6) is -1.27. The Hall–Kier alpha value is -2.38. The minimum absolute atomic E-state index is 0.0129. The summed E-state index contributed by atoms with van der Waals surface area (Å²) in [6.07, 6.45) is 0. The second kappa shape index (κ2) is 7.67. The molecular weight excluding hydrogens is 326 g/mol. The van der Waals surface area contributed by atoms with Gasteiger partial charge in [0.05, 0.1) is 33.0 Å². The van der Waals surface area contributed by atoms with Gasteiger partial charge in [0.15, 0.2) is 0 Å². The third kappa shape index (κ3) is 3.83. The van der Waals surface area contributed by atoms with E-state index in [1.165, 1.54) is 14.2 Å². The van der Waals surface area contributed by atoms with Crippen LogP contribution in [0.4, 0.5) is 5.69 Å². The van der Waals surface area contributed by atoms with Crippen LogP contribution in [0.25, 0.3) is 0 Å². The summed E-state index contributed by atoms with van der Waals surface area (Å²) in [4.78, 5) is 25.8. The fraction of sp³-hybridized carbons (Fsp3) is 0.444. The fourth-order valence-corrected chi connectivity index (χ4v) is 2.53. The number of carbonyl (C=O) groups is 2. The molecule has 7 nitrogen and oxygen atoms in total. The van der Waals surface area contributed by atoms with Crippen molar-refractivity contribution in [3.8, 4) is 0 Å². The van der Waals surface area contributed by atoms with Gasteiger partial charge in [-0.05, 0) is 17.7 Å². The molecule has 1 heterocycles. The van der Waals surface area contributed by atoms with Gasteiger partial charge in [0.1, 0.15) is 12.4 Å². The van der Waals surface area contributed by atoms with Crippen molar-refractivity contribution in [3.05, 3.63) is 41.1 Å². The van der Waals surface area contributed by atoms with Gasteiger partial charge in [0, 0.05) is 11.1 Å². The summed E-state index contributed by atoms with van der Waals surface area (Å²) in [7, 11) is 2.50. The summed E-state index contributed by atoms with van der Waals surface area (Å²) in [6, 6.07) is 7.35. The molecule has 1 aromatic carbocycles. The second-order valence-electron chi connectivity index (χ2n) is 6.30. The Balaban J connectivity index is 2.45. The standard InChI is InChI=1S/C18H23NO6/c1-18(2,10-20)12-5-7-13(8-6-12)19-11-25-9-14(16(21)23-3)15(19)17(22)24-4/h5-8,20H,9-11H2,1-4H3. The van der Waals surface area contributed by atoms with Crippen LogP contribution in [0.2, 0.25) is 0 Å². The third-order valence-corrected chi connectivity index (χ3v) is 4.19. The van der Waals surface area contributed by atoms with Gasteiger partial charge >= 0.3 is 11.9 Å². The van der Waals surface area contributed by atoms with Gasteiger partial charge in [-0.15, -0.1) is 0 Å². The predicted molar refractivity (Wildman–Crippen MR) is 90.9 cm³/mol. The van der Waals surface area contributed by atoms with Crippen LogP contribution in [-0.4, -0.2) is 51.2 Å². The van der Waals surface area contributed by atoms with Gasteiger partial charge in [-0.25, -0.2) is 9.59 Å². The van der Waals surface area contributed by atoms with Gasteiger partial charge < -0.3 is 24.2 Å².